The van der Waals surface area contributed by atoms with Gasteiger partial charge in [-0.2, -0.15) is 0 Å². The Kier molecular flexibility index (Phi) is 5.62. The van der Waals surface area contributed by atoms with Crippen molar-refractivity contribution in [2.75, 3.05) is 6.54 Å². The van der Waals surface area contributed by atoms with Gasteiger partial charge in [-0.1, -0.05) is 26.0 Å². The molecule has 0 fully saturated rings. The van der Waals surface area contributed by atoms with Crippen molar-refractivity contribution >= 4 is 23.6 Å². The number of carbonyl (C=O) groups is 2. The molecule has 0 aliphatic heterocycles. The maximum absolute atomic E-state index is 12.0. The molecule has 0 heterocycles. The van der Waals surface area contributed by atoms with Crippen LogP contribution >= 0.6 is 11.8 Å². The molecule has 0 saturated carbocycles. The zero-order valence-corrected chi connectivity index (χ0v) is 13.1. The Morgan fingerprint density at radius 2 is 1.80 bits per heavy atom. The molecule has 0 bridgehead atoms. The number of carboxylic acids is 1. The minimum atomic E-state index is -1.04. The standard InChI is InChI=1S/C15H21NO3S/c1-10(2)11-5-7-12(8-6-11)20-15(3,4)14(19)16-9-13(17)18/h5-8,10H,9H2,1-4H3,(H,16,19)(H,17,18). The number of hydrogen-bond acceptors (Lipinski definition) is 3. The third-order valence-corrected chi connectivity index (χ3v) is 4.07. The summed E-state index contributed by atoms with van der Waals surface area (Å²) in [6.45, 7) is 7.47. The highest BCUT2D eigenvalue weighted by Crippen LogP contribution is 2.33. The molecule has 0 unspecified atom stereocenters. The van der Waals surface area contributed by atoms with Gasteiger partial charge in [0.05, 0.1) is 4.75 Å². The molecule has 0 saturated heterocycles. The maximum atomic E-state index is 12.0. The van der Waals surface area contributed by atoms with Gasteiger partial charge in [-0.3, -0.25) is 9.59 Å². The Hall–Kier alpha value is -1.49. The Labute approximate surface area is 124 Å². The number of carbonyl (C=O) groups excluding carboxylic acids is 1. The Balaban J connectivity index is 2.69. The lowest BCUT2D eigenvalue weighted by Gasteiger charge is -2.22. The van der Waals surface area contributed by atoms with E-state index >= 15 is 0 Å². The lowest BCUT2D eigenvalue weighted by atomic mass is 10.0. The molecule has 20 heavy (non-hydrogen) atoms. The fourth-order valence-electron chi connectivity index (χ4n) is 1.63. The van der Waals surface area contributed by atoms with Gasteiger partial charge in [-0.05, 0) is 37.5 Å². The number of amides is 1. The Bertz CT molecular complexity index is 480. The summed E-state index contributed by atoms with van der Waals surface area (Å²) in [5.41, 5.74) is 1.25. The van der Waals surface area contributed by atoms with Crippen LogP contribution in [0.3, 0.4) is 0 Å². The number of nitrogens with one attached hydrogen (secondary N) is 1. The highest BCUT2D eigenvalue weighted by atomic mass is 32.2. The second kappa shape index (κ2) is 6.79. The first kappa shape index (κ1) is 16.6. The van der Waals surface area contributed by atoms with Gasteiger partial charge in [0.15, 0.2) is 0 Å². The van der Waals surface area contributed by atoms with Crippen molar-refractivity contribution in [3.63, 3.8) is 0 Å². The van der Waals surface area contributed by atoms with Crippen LogP contribution in [0.2, 0.25) is 0 Å². The van der Waals surface area contributed by atoms with Crippen LogP contribution in [0, 0.1) is 0 Å². The molecule has 0 aliphatic carbocycles. The van der Waals surface area contributed by atoms with Crippen molar-refractivity contribution < 1.29 is 14.7 Å². The first-order chi connectivity index (χ1) is 9.22. The number of aliphatic carboxylic acids is 1. The van der Waals surface area contributed by atoms with Gasteiger partial charge in [-0.25, -0.2) is 0 Å². The molecule has 0 atom stereocenters. The van der Waals surface area contributed by atoms with Crippen molar-refractivity contribution in [2.45, 2.75) is 43.3 Å². The number of hydrogen-bond donors (Lipinski definition) is 2. The third-order valence-electron chi connectivity index (χ3n) is 2.87. The predicted octanol–water partition coefficient (Wildman–Crippen LogP) is 2.88. The summed E-state index contributed by atoms with van der Waals surface area (Å²) in [4.78, 5) is 23.4. The van der Waals surface area contributed by atoms with Crippen LogP contribution in [-0.4, -0.2) is 28.3 Å². The number of benzene rings is 1. The van der Waals surface area contributed by atoms with E-state index in [2.05, 4.69) is 31.3 Å². The van der Waals surface area contributed by atoms with E-state index in [1.807, 2.05) is 12.1 Å². The molecule has 110 valence electrons. The van der Waals surface area contributed by atoms with E-state index in [0.29, 0.717) is 5.92 Å². The zero-order valence-electron chi connectivity index (χ0n) is 12.3. The largest absolute Gasteiger partial charge is 0.480 e. The fraction of sp³-hybridized carbons (Fsp3) is 0.467. The highest BCUT2D eigenvalue weighted by Gasteiger charge is 2.29. The summed E-state index contributed by atoms with van der Waals surface area (Å²) < 4.78 is -0.713. The normalized spacial score (nSPS) is 11.4. The molecule has 0 spiro atoms. The van der Waals surface area contributed by atoms with Crippen LogP contribution in [0.4, 0.5) is 0 Å². The lowest BCUT2D eigenvalue weighted by molar-refractivity contribution is -0.138. The molecule has 0 aliphatic rings. The quantitative estimate of drug-likeness (QED) is 0.792. The van der Waals surface area contributed by atoms with Crippen LogP contribution < -0.4 is 5.32 Å². The summed E-state index contributed by atoms with van der Waals surface area (Å²) in [6.07, 6.45) is 0. The van der Waals surface area contributed by atoms with Crippen molar-refractivity contribution in [1.29, 1.82) is 0 Å². The Morgan fingerprint density at radius 1 is 1.25 bits per heavy atom. The maximum Gasteiger partial charge on any atom is 0.322 e. The molecule has 1 aromatic carbocycles. The number of carboxylic acid groups (broad SMARTS) is 1. The van der Waals surface area contributed by atoms with Crippen molar-refractivity contribution in [3.8, 4) is 0 Å². The molecular formula is C15H21NO3S. The first-order valence-corrected chi connectivity index (χ1v) is 7.33. The van der Waals surface area contributed by atoms with E-state index in [-0.39, 0.29) is 12.5 Å². The van der Waals surface area contributed by atoms with E-state index in [4.69, 9.17) is 5.11 Å². The van der Waals surface area contributed by atoms with Crippen LogP contribution in [0.5, 0.6) is 0 Å². The van der Waals surface area contributed by atoms with Crippen LogP contribution in [0.25, 0.3) is 0 Å². The van der Waals surface area contributed by atoms with Crippen LogP contribution in [-0.2, 0) is 9.59 Å². The van der Waals surface area contributed by atoms with Gasteiger partial charge < -0.3 is 10.4 Å². The molecule has 1 aromatic rings. The summed E-state index contributed by atoms with van der Waals surface area (Å²) in [5, 5.41) is 11.0. The predicted molar refractivity (Wildman–Crippen MR) is 81.1 cm³/mol. The van der Waals surface area contributed by atoms with E-state index in [1.54, 1.807) is 13.8 Å². The number of rotatable bonds is 6. The zero-order chi connectivity index (χ0) is 15.3. The first-order valence-electron chi connectivity index (χ1n) is 6.51. The van der Waals surface area contributed by atoms with Gasteiger partial charge in [0, 0.05) is 4.90 Å². The second-order valence-electron chi connectivity index (χ2n) is 5.41. The fourth-order valence-corrected chi connectivity index (χ4v) is 2.66. The second-order valence-corrected chi connectivity index (χ2v) is 7.11. The third kappa shape index (κ3) is 4.89. The molecule has 0 radical (unpaired) electrons. The topological polar surface area (TPSA) is 66.4 Å². The summed E-state index contributed by atoms with van der Waals surface area (Å²) >= 11 is 1.42. The summed E-state index contributed by atoms with van der Waals surface area (Å²) in [5.74, 6) is -0.848. The van der Waals surface area contributed by atoms with Crippen LogP contribution in [0.1, 0.15) is 39.2 Å². The minimum Gasteiger partial charge on any atom is -0.480 e. The molecule has 1 rings (SSSR count). The average molecular weight is 295 g/mol. The van der Waals surface area contributed by atoms with E-state index in [1.165, 1.54) is 17.3 Å². The molecule has 2 N–H and O–H groups in total. The van der Waals surface area contributed by atoms with Crippen LogP contribution in [0.15, 0.2) is 29.2 Å². The van der Waals surface area contributed by atoms with Crippen molar-refractivity contribution in [2.24, 2.45) is 0 Å². The lowest BCUT2D eigenvalue weighted by Crippen LogP contribution is -2.41. The SMILES string of the molecule is CC(C)c1ccc(SC(C)(C)C(=O)NCC(=O)O)cc1. The molecule has 5 heteroatoms. The summed E-state index contributed by atoms with van der Waals surface area (Å²) in [7, 11) is 0. The molecule has 1 amide bonds. The van der Waals surface area contributed by atoms with Gasteiger partial charge in [0.25, 0.3) is 0 Å². The monoisotopic (exact) mass is 295 g/mol. The van der Waals surface area contributed by atoms with Crippen molar-refractivity contribution in [1.82, 2.24) is 5.32 Å². The number of thioether (sulfide) groups is 1. The van der Waals surface area contributed by atoms with Gasteiger partial charge in [0.1, 0.15) is 6.54 Å². The minimum absolute atomic E-state index is 0.280. The van der Waals surface area contributed by atoms with E-state index in [0.717, 1.165) is 4.90 Å². The van der Waals surface area contributed by atoms with Gasteiger partial charge in [0.2, 0.25) is 5.91 Å². The van der Waals surface area contributed by atoms with E-state index in [9.17, 15) is 9.59 Å². The highest BCUT2D eigenvalue weighted by molar-refractivity contribution is 8.01. The smallest absolute Gasteiger partial charge is 0.322 e. The van der Waals surface area contributed by atoms with Crippen molar-refractivity contribution in [3.05, 3.63) is 29.8 Å². The van der Waals surface area contributed by atoms with E-state index < -0.39 is 10.7 Å². The average Bonchev–Trinajstić information content (AvgIpc) is 2.35. The van der Waals surface area contributed by atoms with Gasteiger partial charge in [-0.15, -0.1) is 11.8 Å². The Morgan fingerprint density at radius 3 is 2.25 bits per heavy atom. The summed E-state index contributed by atoms with van der Waals surface area (Å²) in [6, 6.07) is 8.09. The molecule has 0 aromatic heterocycles. The molecule has 4 nitrogen and oxygen atoms in total. The van der Waals surface area contributed by atoms with Gasteiger partial charge >= 0.3 is 5.97 Å². The molecular weight excluding hydrogens is 274 g/mol.